The third-order valence-corrected chi connectivity index (χ3v) is 2.63. The molecule has 102 valence electrons. The van der Waals surface area contributed by atoms with Gasteiger partial charge in [0, 0.05) is 31.0 Å². The summed E-state index contributed by atoms with van der Waals surface area (Å²) in [5.74, 6) is 0.871. The maximum atomic E-state index is 4.39. The molecule has 0 saturated carbocycles. The zero-order chi connectivity index (χ0) is 13.7. The third kappa shape index (κ3) is 4.37. The van der Waals surface area contributed by atoms with Crippen LogP contribution in [0.1, 0.15) is 20.8 Å². The van der Waals surface area contributed by atoms with Crippen molar-refractivity contribution in [2.45, 2.75) is 26.3 Å². The molecule has 0 spiro atoms. The molecule has 0 aliphatic heterocycles. The summed E-state index contributed by atoms with van der Waals surface area (Å²) in [4.78, 5) is 8.39. The Hall–Kier alpha value is -1.88. The number of imidazole rings is 1. The molecule has 0 aliphatic rings. The fourth-order valence-electron chi connectivity index (χ4n) is 1.68. The predicted molar refractivity (Wildman–Crippen MR) is 77.6 cm³/mol. The third-order valence-electron chi connectivity index (χ3n) is 2.63. The summed E-state index contributed by atoms with van der Waals surface area (Å²) in [6, 6.07) is 4.00. The lowest BCUT2D eigenvalue weighted by atomic mass is 10.1. The molecule has 0 atom stereocenters. The van der Waals surface area contributed by atoms with Crippen molar-refractivity contribution < 1.29 is 0 Å². The van der Waals surface area contributed by atoms with Crippen molar-refractivity contribution in [2.75, 3.05) is 18.4 Å². The van der Waals surface area contributed by atoms with Crippen molar-refractivity contribution >= 4 is 5.69 Å². The van der Waals surface area contributed by atoms with Crippen molar-refractivity contribution in [2.24, 2.45) is 0 Å². The standard InChI is InChI=1S/C14H21N5/c1-14(2,3)18-7-6-16-12-4-5-13(17-10-12)19-9-8-15-11-19/h4-5,8-11,16,18H,6-7H2,1-3H3. The fourth-order valence-corrected chi connectivity index (χ4v) is 1.68. The average molecular weight is 259 g/mol. The molecule has 2 aromatic heterocycles. The first-order valence-electron chi connectivity index (χ1n) is 6.48. The van der Waals surface area contributed by atoms with Crippen molar-refractivity contribution in [3.8, 4) is 5.82 Å². The Kier molecular flexibility index (Phi) is 4.16. The molecular weight excluding hydrogens is 238 g/mol. The predicted octanol–water partition coefficient (Wildman–Crippen LogP) is 2.07. The summed E-state index contributed by atoms with van der Waals surface area (Å²) in [6.07, 6.45) is 7.20. The maximum absolute atomic E-state index is 4.39. The Morgan fingerprint density at radius 1 is 1.21 bits per heavy atom. The van der Waals surface area contributed by atoms with Gasteiger partial charge in [0.25, 0.3) is 0 Å². The molecule has 5 heteroatoms. The van der Waals surface area contributed by atoms with Gasteiger partial charge in [-0.2, -0.15) is 0 Å². The van der Waals surface area contributed by atoms with Gasteiger partial charge in [0.05, 0.1) is 11.9 Å². The van der Waals surface area contributed by atoms with Crippen LogP contribution in [-0.4, -0.2) is 33.2 Å². The van der Waals surface area contributed by atoms with Crippen LogP contribution in [0.2, 0.25) is 0 Å². The molecule has 5 nitrogen and oxygen atoms in total. The molecule has 2 rings (SSSR count). The zero-order valence-corrected chi connectivity index (χ0v) is 11.7. The SMILES string of the molecule is CC(C)(C)NCCNc1ccc(-n2ccnc2)nc1. The van der Waals surface area contributed by atoms with Crippen LogP contribution in [-0.2, 0) is 0 Å². The van der Waals surface area contributed by atoms with Gasteiger partial charge in [-0.05, 0) is 32.9 Å². The van der Waals surface area contributed by atoms with Gasteiger partial charge in [0.15, 0.2) is 0 Å². The summed E-state index contributed by atoms with van der Waals surface area (Å²) < 4.78 is 1.88. The van der Waals surface area contributed by atoms with Crippen LogP contribution < -0.4 is 10.6 Å². The van der Waals surface area contributed by atoms with Gasteiger partial charge in [0.2, 0.25) is 0 Å². The molecule has 2 heterocycles. The first kappa shape index (κ1) is 13.5. The topological polar surface area (TPSA) is 54.8 Å². The van der Waals surface area contributed by atoms with Crippen molar-refractivity contribution in [1.82, 2.24) is 19.9 Å². The minimum absolute atomic E-state index is 0.158. The van der Waals surface area contributed by atoms with E-state index in [0.717, 1.165) is 24.6 Å². The first-order valence-corrected chi connectivity index (χ1v) is 6.48. The molecule has 0 saturated heterocycles. The summed E-state index contributed by atoms with van der Waals surface area (Å²) in [6.45, 7) is 8.29. The fraction of sp³-hybridized carbons (Fsp3) is 0.429. The highest BCUT2D eigenvalue weighted by Gasteiger charge is 2.06. The highest BCUT2D eigenvalue weighted by molar-refractivity contribution is 5.43. The van der Waals surface area contributed by atoms with E-state index in [1.54, 1.807) is 12.5 Å². The molecule has 0 aromatic carbocycles. The molecule has 0 aliphatic carbocycles. The average Bonchev–Trinajstić information content (AvgIpc) is 2.88. The van der Waals surface area contributed by atoms with Gasteiger partial charge < -0.3 is 10.6 Å². The number of nitrogens with zero attached hydrogens (tertiary/aromatic N) is 3. The molecular formula is C14H21N5. The van der Waals surface area contributed by atoms with Crippen LogP contribution in [0, 0.1) is 0 Å². The van der Waals surface area contributed by atoms with Crippen LogP contribution in [0.25, 0.3) is 5.82 Å². The number of nitrogens with one attached hydrogen (secondary N) is 2. The Morgan fingerprint density at radius 3 is 2.63 bits per heavy atom. The van der Waals surface area contributed by atoms with E-state index >= 15 is 0 Å². The minimum Gasteiger partial charge on any atom is -0.383 e. The van der Waals surface area contributed by atoms with Gasteiger partial charge in [0.1, 0.15) is 12.1 Å². The van der Waals surface area contributed by atoms with Crippen LogP contribution >= 0.6 is 0 Å². The number of aromatic nitrogens is 3. The van der Waals surface area contributed by atoms with E-state index in [4.69, 9.17) is 0 Å². The smallest absolute Gasteiger partial charge is 0.137 e. The second kappa shape index (κ2) is 5.84. The molecule has 2 N–H and O–H groups in total. The Morgan fingerprint density at radius 2 is 2.05 bits per heavy atom. The Bertz CT molecular complexity index is 482. The number of rotatable bonds is 5. The lowest BCUT2D eigenvalue weighted by Crippen LogP contribution is -2.38. The summed E-state index contributed by atoms with van der Waals surface area (Å²) >= 11 is 0. The van der Waals surface area contributed by atoms with E-state index in [0.29, 0.717) is 0 Å². The van der Waals surface area contributed by atoms with Gasteiger partial charge in [-0.15, -0.1) is 0 Å². The number of hydrogen-bond acceptors (Lipinski definition) is 4. The van der Waals surface area contributed by atoms with E-state index < -0.39 is 0 Å². The normalized spacial score (nSPS) is 11.5. The van der Waals surface area contributed by atoms with Crippen molar-refractivity contribution in [1.29, 1.82) is 0 Å². The largest absolute Gasteiger partial charge is 0.383 e. The summed E-state index contributed by atoms with van der Waals surface area (Å²) in [5.41, 5.74) is 1.19. The number of anilines is 1. The van der Waals surface area contributed by atoms with Crippen LogP contribution in [0.5, 0.6) is 0 Å². The van der Waals surface area contributed by atoms with Crippen LogP contribution in [0.3, 0.4) is 0 Å². The quantitative estimate of drug-likeness (QED) is 0.807. The second-order valence-corrected chi connectivity index (χ2v) is 5.48. The van der Waals surface area contributed by atoms with Gasteiger partial charge in [-0.25, -0.2) is 9.97 Å². The highest BCUT2D eigenvalue weighted by Crippen LogP contribution is 2.09. The molecule has 0 amide bonds. The zero-order valence-electron chi connectivity index (χ0n) is 11.7. The van der Waals surface area contributed by atoms with Gasteiger partial charge in [-0.3, -0.25) is 4.57 Å². The van der Waals surface area contributed by atoms with Crippen molar-refractivity contribution in [3.05, 3.63) is 37.1 Å². The van der Waals surface area contributed by atoms with Gasteiger partial charge in [-0.1, -0.05) is 0 Å². The first-order chi connectivity index (χ1) is 9.04. The monoisotopic (exact) mass is 259 g/mol. The van der Waals surface area contributed by atoms with E-state index in [1.165, 1.54) is 0 Å². The molecule has 0 radical (unpaired) electrons. The minimum atomic E-state index is 0.158. The Labute approximate surface area is 114 Å². The maximum Gasteiger partial charge on any atom is 0.137 e. The van der Waals surface area contributed by atoms with E-state index in [1.807, 2.05) is 29.1 Å². The van der Waals surface area contributed by atoms with Crippen LogP contribution in [0.4, 0.5) is 5.69 Å². The number of pyridine rings is 1. The lowest BCUT2D eigenvalue weighted by Gasteiger charge is -2.20. The van der Waals surface area contributed by atoms with Gasteiger partial charge >= 0.3 is 0 Å². The van der Waals surface area contributed by atoms with Crippen molar-refractivity contribution in [3.63, 3.8) is 0 Å². The van der Waals surface area contributed by atoms with E-state index in [2.05, 4.69) is 41.4 Å². The molecule has 19 heavy (non-hydrogen) atoms. The molecule has 0 fully saturated rings. The van der Waals surface area contributed by atoms with E-state index in [9.17, 15) is 0 Å². The van der Waals surface area contributed by atoms with Crippen LogP contribution in [0.15, 0.2) is 37.1 Å². The molecule has 0 unspecified atom stereocenters. The summed E-state index contributed by atoms with van der Waals surface area (Å²) in [5, 5.41) is 6.77. The molecule has 0 bridgehead atoms. The Balaban J connectivity index is 1.83. The summed E-state index contributed by atoms with van der Waals surface area (Å²) in [7, 11) is 0. The second-order valence-electron chi connectivity index (χ2n) is 5.48. The molecule has 2 aromatic rings. The highest BCUT2D eigenvalue weighted by atomic mass is 15.1. The number of hydrogen-bond donors (Lipinski definition) is 2. The lowest BCUT2D eigenvalue weighted by molar-refractivity contribution is 0.435. The van der Waals surface area contributed by atoms with E-state index in [-0.39, 0.29) is 5.54 Å².